The van der Waals surface area contributed by atoms with Crippen molar-refractivity contribution in [2.75, 3.05) is 27.1 Å². The summed E-state index contributed by atoms with van der Waals surface area (Å²) in [5.74, 6) is 0.291. The molecule has 0 saturated heterocycles. The molecule has 1 aromatic heterocycles. The molecule has 2 amide bonds. The van der Waals surface area contributed by atoms with E-state index < -0.39 is 11.8 Å². The van der Waals surface area contributed by atoms with Gasteiger partial charge < -0.3 is 19.9 Å². The summed E-state index contributed by atoms with van der Waals surface area (Å²) in [5, 5.41) is 6.80. The van der Waals surface area contributed by atoms with E-state index in [9.17, 15) is 9.59 Å². The number of fused-ring (bicyclic) bond motifs is 1. The number of aromatic nitrogens is 2. The quantitative estimate of drug-likeness (QED) is 0.480. The van der Waals surface area contributed by atoms with Crippen molar-refractivity contribution in [3.63, 3.8) is 0 Å². The van der Waals surface area contributed by atoms with Crippen molar-refractivity contribution in [2.24, 2.45) is 0 Å². The van der Waals surface area contributed by atoms with Crippen molar-refractivity contribution in [3.05, 3.63) is 59.3 Å². The normalized spacial score (nSPS) is 14.2. The Bertz CT molecular complexity index is 1190. The molecule has 3 N–H and O–H groups in total. The van der Waals surface area contributed by atoms with Crippen molar-refractivity contribution in [3.8, 4) is 22.9 Å². The summed E-state index contributed by atoms with van der Waals surface area (Å²) in [6, 6.07) is 12.4. The van der Waals surface area contributed by atoms with E-state index in [0.717, 1.165) is 0 Å². The Balaban J connectivity index is 1.94. The van der Waals surface area contributed by atoms with Crippen molar-refractivity contribution in [2.45, 2.75) is 0 Å². The van der Waals surface area contributed by atoms with Crippen LogP contribution in [-0.4, -0.2) is 42.9 Å². The highest BCUT2D eigenvalue weighted by molar-refractivity contribution is 6.34. The molecular formula is C22H20N4O5. The summed E-state index contributed by atoms with van der Waals surface area (Å²) in [6.45, 7) is 0. The van der Waals surface area contributed by atoms with Crippen LogP contribution in [0.2, 0.25) is 0 Å². The minimum Gasteiger partial charge on any atom is -0.496 e. The standard InChI is InChI=1S/C22H20N4O5/c1-29-13-9-16(30-2)14(17(10-13)31-3)11-15-19-18(22(28)24-21(15)27)20(23)26(25-19)12-7-5-4-6-8-12/h4-11H,23H2,1-3H3,(H,24,27,28)/b15-11+. The summed E-state index contributed by atoms with van der Waals surface area (Å²) in [5.41, 5.74) is 7.84. The first kappa shape index (κ1) is 20.0. The summed E-state index contributed by atoms with van der Waals surface area (Å²) < 4.78 is 17.6. The number of carbonyl (C=O) groups is 2. The van der Waals surface area contributed by atoms with Crippen molar-refractivity contribution in [1.29, 1.82) is 0 Å². The maximum Gasteiger partial charge on any atom is 0.264 e. The SMILES string of the molecule is COc1cc(OC)c(/C=C2/C(=O)NC(=O)c3c2nn(-c2ccccc2)c3N)c(OC)c1. The zero-order valence-electron chi connectivity index (χ0n) is 17.1. The van der Waals surface area contributed by atoms with Crippen LogP contribution in [0, 0.1) is 0 Å². The molecule has 0 saturated carbocycles. The largest absolute Gasteiger partial charge is 0.496 e. The summed E-state index contributed by atoms with van der Waals surface area (Å²) in [4.78, 5) is 25.3. The van der Waals surface area contributed by atoms with Gasteiger partial charge in [0.2, 0.25) is 0 Å². The lowest BCUT2D eigenvalue weighted by atomic mass is 9.99. The van der Waals surface area contributed by atoms with Crippen molar-refractivity contribution < 1.29 is 23.8 Å². The van der Waals surface area contributed by atoms with Gasteiger partial charge in [-0.2, -0.15) is 5.10 Å². The number of carbonyl (C=O) groups excluding carboxylic acids is 2. The third kappa shape index (κ3) is 3.35. The number of nitrogens with zero attached hydrogens (tertiary/aromatic N) is 2. The number of hydrogen-bond donors (Lipinski definition) is 2. The average Bonchev–Trinajstić information content (AvgIpc) is 3.14. The second-order valence-corrected chi connectivity index (χ2v) is 6.64. The van der Waals surface area contributed by atoms with Gasteiger partial charge in [0.15, 0.2) is 0 Å². The topological polar surface area (TPSA) is 118 Å². The fraction of sp³-hybridized carbons (Fsp3) is 0.136. The summed E-state index contributed by atoms with van der Waals surface area (Å²) in [6.07, 6.45) is 1.56. The van der Waals surface area contributed by atoms with Crippen LogP contribution in [0.4, 0.5) is 5.82 Å². The highest BCUT2D eigenvalue weighted by atomic mass is 16.5. The molecule has 9 nitrogen and oxygen atoms in total. The van der Waals surface area contributed by atoms with E-state index in [1.807, 2.05) is 18.2 Å². The summed E-state index contributed by atoms with van der Waals surface area (Å²) in [7, 11) is 4.51. The van der Waals surface area contributed by atoms with Crippen LogP contribution in [-0.2, 0) is 4.79 Å². The lowest BCUT2D eigenvalue weighted by Gasteiger charge is -2.16. The molecule has 3 aromatic rings. The van der Waals surface area contributed by atoms with Crippen LogP contribution in [0.15, 0.2) is 42.5 Å². The number of nitrogen functional groups attached to an aromatic ring is 1. The Kier molecular flexibility index (Phi) is 5.08. The van der Waals surface area contributed by atoms with Crippen molar-refractivity contribution in [1.82, 2.24) is 15.1 Å². The average molecular weight is 420 g/mol. The molecule has 1 aliphatic rings. The number of hydrogen-bond acceptors (Lipinski definition) is 7. The Morgan fingerprint density at radius 3 is 2.19 bits per heavy atom. The fourth-order valence-corrected chi connectivity index (χ4v) is 3.40. The van der Waals surface area contributed by atoms with E-state index >= 15 is 0 Å². The van der Waals surface area contributed by atoms with Gasteiger partial charge in [-0.05, 0) is 18.2 Å². The number of ether oxygens (including phenoxy) is 3. The Hall–Kier alpha value is -4.27. The Morgan fingerprint density at radius 1 is 0.968 bits per heavy atom. The second kappa shape index (κ2) is 7.86. The number of rotatable bonds is 5. The number of anilines is 1. The highest BCUT2D eigenvalue weighted by Gasteiger charge is 2.34. The molecule has 0 fully saturated rings. The molecule has 4 rings (SSSR count). The van der Waals surface area contributed by atoms with Gasteiger partial charge in [-0.3, -0.25) is 14.9 Å². The van der Waals surface area contributed by atoms with Gasteiger partial charge in [-0.1, -0.05) is 18.2 Å². The van der Waals surface area contributed by atoms with Crippen LogP contribution in [0.3, 0.4) is 0 Å². The monoisotopic (exact) mass is 420 g/mol. The molecule has 2 heterocycles. The van der Waals surface area contributed by atoms with E-state index in [4.69, 9.17) is 19.9 Å². The molecule has 2 aromatic carbocycles. The second-order valence-electron chi connectivity index (χ2n) is 6.64. The van der Waals surface area contributed by atoms with Gasteiger partial charge in [0.1, 0.15) is 34.3 Å². The molecule has 0 atom stereocenters. The van der Waals surface area contributed by atoms with E-state index in [1.54, 1.807) is 30.3 Å². The molecule has 0 unspecified atom stereocenters. The minimum atomic E-state index is -0.606. The molecule has 9 heteroatoms. The number of nitrogens with one attached hydrogen (secondary N) is 1. The van der Waals surface area contributed by atoms with E-state index in [2.05, 4.69) is 10.4 Å². The Morgan fingerprint density at radius 2 is 1.61 bits per heavy atom. The molecule has 0 bridgehead atoms. The maximum atomic E-state index is 12.8. The summed E-state index contributed by atoms with van der Waals surface area (Å²) >= 11 is 0. The third-order valence-corrected chi connectivity index (χ3v) is 4.92. The molecule has 0 aliphatic carbocycles. The molecule has 1 aliphatic heterocycles. The van der Waals surface area contributed by atoms with Crippen LogP contribution in [0.1, 0.15) is 21.6 Å². The molecule has 31 heavy (non-hydrogen) atoms. The zero-order chi connectivity index (χ0) is 22.1. The van der Waals surface area contributed by atoms with Gasteiger partial charge in [0, 0.05) is 12.1 Å². The number of para-hydroxylation sites is 1. The molecular weight excluding hydrogens is 400 g/mol. The van der Waals surface area contributed by atoms with Crippen molar-refractivity contribution >= 4 is 29.3 Å². The third-order valence-electron chi connectivity index (χ3n) is 4.92. The molecule has 158 valence electrons. The predicted molar refractivity (Wildman–Crippen MR) is 114 cm³/mol. The maximum absolute atomic E-state index is 12.8. The first-order chi connectivity index (χ1) is 15.0. The van der Waals surface area contributed by atoms with Gasteiger partial charge in [-0.25, -0.2) is 4.68 Å². The lowest BCUT2D eigenvalue weighted by Crippen LogP contribution is -2.36. The number of nitrogens with two attached hydrogens (primary N) is 1. The van der Waals surface area contributed by atoms with Crippen LogP contribution < -0.4 is 25.3 Å². The first-order valence-corrected chi connectivity index (χ1v) is 9.30. The number of benzene rings is 2. The first-order valence-electron chi connectivity index (χ1n) is 9.30. The van der Waals surface area contributed by atoms with Crippen LogP contribution in [0.5, 0.6) is 17.2 Å². The molecule has 0 spiro atoms. The van der Waals surface area contributed by atoms with E-state index in [0.29, 0.717) is 28.5 Å². The number of methoxy groups -OCH3 is 3. The number of amides is 2. The Labute approximate surface area is 178 Å². The number of imide groups is 1. The zero-order valence-corrected chi connectivity index (χ0v) is 17.1. The van der Waals surface area contributed by atoms with Gasteiger partial charge in [0.25, 0.3) is 11.8 Å². The van der Waals surface area contributed by atoms with Gasteiger partial charge >= 0.3 is 0 Å². The molecule has 0 radical (unpaired) electrons. The van der Waals surface area contributed by atoms with Gasteiger partial charge in [0.05, 0.1) is 38.2 Å². The van der Waals surface area contributed by atoms with E-state index in [1.165, 1.54) is 26.0 Å². The smallest absolute Gasteiger partial charge is 0.264 e. The van der Waals surface area contributed by atoms with Crippen LogP contribution >= 0.6 is 0 Å². The van der Waals surface area contributed by atoms with E-state index in [-0.39, 0.29) is 22.6 Å². The van der Waals surface area contributed by atoms with Gasteiger partial charge in [-0.15, -0.1) is 0 Å². The predicted octanol–water partition coefficient (Wildman–Crippen LogP) is 2.29. The lowest BCUT2D eigenvalue weighted by molar-refractivity contribution is -0.114. The highest BCUT2D eigenvalue weighted by Crippen LogP contribution is 2.38. The minimum absolute atomic E-state index is 0.126. The van der Waals surface area contributed by atoms with Crippen LogP contribution in [0.25, 0.3) is 17.3 Å². The fourth-order valence-electron chi connectivity index (χ4n) is 3.40.